The molecule has 17 heavy (non-hydrogen) atoms. The van der Waals surface area contributed by atoms with Gasteiger partial charge in [-0.05, 0) is 26.2 Å². The fraction of sp³-hybridized carbons (Fsp3) is 0.733. The molecule has 0 heterocycles. The molecule has 94 valence electrons. The zero-order chi connectivity index (χ0) is 12.8. The van der Waals surface area contributed by atoms with Gasteiger partial charge in [-0.1, -0.05) is 32.4 Å². The topological polar surface area (TPSA) is 34.1 Å². The molecule has 0 aromatic carbocycles. The summed E-state index contributed by atoms with van der Waals surface area (Å²) in [7, 11) is 0. The predicted molar refractivity (Wildman–Crippen MR) is 67.6 cm³/mol. The van der Waals surface area contributed by atoms with Gasteiger partial charge >= 0.3 is 0 Å². The van der Waals surface area contributed by atoms with Crippen molar-refractivity contribution in [3.05, 3.63) is 11.6 Å². The molecule has 2 rings (SSSR count). The molecule has 2 aliphatic carbocycles. The first-order valence-corrected chi connectivity index (χ1v) is 6.50. The van der Waals surface area contributed by atoms with Gasteiger partial charge in [-0.3, -0.25) is 9.59 Å². The van der Waals surface area contributed by atoms with E-state index < -0.39 is 0 Å². The van der Waals surface area contributed by atoms with E-state index in [9.17, 15) is 9.59 Å². The van der Waals surface area contributed by atoms with Gasteiger partial charge in [0, 0.05) is 23.2 Å². The van der Waals surface area contributed by atoms with Gasteiger partial charge in [0.2, 0.25) is 0 Å². The van der Waals surface area contributed by atoms with E-state index in [1.165, 1.54) is 5.57 Å². The Morgan fingerprint density at radius 3 is 2.47 bits per heavy atom. The summed E-state index contributed by atoms with van der Waals surface area (Å²) in [6.07, 6.45) is 5.16. The number of hydrogen-bond donors (Lipinski definition) is 0. The third kappa shape index (κ3) is 2.10. The Hall–Kier alpha value is -0.920. The number of fused-ring (bicyclic) bond motifs is 1. The number of carbonyl (C=O) groups is 2. The van der Waals surface area contributed by atoms with Gasteiger partial charge in [0.05, 0.1) is 0 Å². The zero-order valence-corrected chi connectivity index (χ0v) is 11.3. The van der Waals surface area contributed by atoms with Crippen LogP contribution in [0.1, 0.15) is 53.4 Å². The maximum atomic E-state index is 12.4. The largest absolute Gasteiger partial charge is 0.299 e. The molecule has 0 saturated heterocycles. The van der Waals surface area contributed by atoms with Crippen molar-refractivity contribution in [2.24, 2.45) is 16.7 Å². The highest BCUT2D eigenvalue weighted by molar-refractivity contribution is 5.99. The first-order chi connectivity index (χ1) is 7.77. The van der Waals surface area contributed by atoms with E-state index in [2.05, 4.69) is 13.0 Å². The minimum absolute atomic E-state index is 0.0168. The average Bonchev–Trinajstić information content (AvgIpc) is 2.95. The first kappa shape index (κ1) is 12.5. The maximum absolute atomic E-state index is 12.4. The van der Waals surface area contributed by atoms with Crippen LogP contribution in [0.2, 0.25) is 0 Å². The molecule has 2 aliphatic rings. The molecule has 2 atom stereocenters. The molecule has 0 aromatic heterocycles. The van der Waals surface area contributed by atoms with Crippen LogP contribution >= 0.6 is 0 Å². The molecule has 1 saturated carbocycles. The molecule has 0 spiro atoms. The molecule has 0 unspecified atom stereocenters. The Labute approximate surface area is 103 Å². The number of ketones is 2. The van der Waals surface area contributed by atoms with Crippen molar-refractivity contribution >= 4 is 11.6 Å². The van der Waals surface area contributed by atoms with E-state index in [0.29, 0.717) is 6.42 Å². The monoisotopic (exact) mass is 234 g/mol. The van der Waals surface area contributed by atoms with E-state index in [4.69, 9.17) is 0 Å². The minimum Gasteiger partial charge on any atom is -0.299 e. The third-order valence-electron chi connectivity index (χ3n) is 4.56. The van der Waals surface area contributed by atoms with E-state index in [1.807, 2.05) is 20.8 Å². The molecule has 0 aliphatic heterocycles. The smallest absolute Gasteiger partial charge is 0.142 e. The first-order valence-electron chi connectivity index (χ1n) is 6.50. The number of hydrogen-bond acceptors (Lipinski definition) is 2. The fourth-order valence-corrected chi connectivity index (χ4v) is 2.76. The summed E-state index contributed by atoms with van der Waals surface area (Å²) in [5.74, 6) is 0.539. The summed E-state index contributed by atoms with van der Waals surface area (Å²) in [6.45, 7) is 8.03. The maximum Gasteiger partial charge on any atom is 0.142 e. The molecule has 0 amide bonds. The minimum atomic E-state index is -0.341. The van der Waals surface area contributed by atoms with Crippen molar-refractivity contribution in [3.63, 3.8) is 0 Å². The van der Waals surface area contributed by atoms with Gasteiger partial charge in [0.1, 0.15) is 11.6 Å². The lowest BCUT2D eigenvalue weighted by atomic mass is 9.78. The van der Waals surface area contributed by atoms with Crippen LogP contribution in [-0.2, 0) is 9.59 Å². The van der Waals surface area contributed by atoms with Crippen molar-refractivity contribution in [1.29, 1.82) is 0 Å². The molecular weight excluding hydrogens is 212 g/mol. The van der Waals surface area contributed by atoms with Crippen molar-refractivity contribution in [3.8, 4) is 0 Å². The van der Waals surface area contributed by atoms with Crippen LogP contribution in [0, 0.1) is 16.7 Å². The van der Waals surface area contributed by atoms with Crippen LogP contribution < -0.4 is 0 Å². The van der Waals surface area contributed by atoms with Crippen LogP contribution in [-0.4, -0.2) is 11.6 Å². The average molecular weight is 234 g/mol. The van der Waals surface area contributed by atoms with Gasteiger partial charge in [-0.15, -0.1) is 0 Å². The highest BCUT2D eigenvalue weighted by atomic mass is 16.1. The number of allylic oxidation sites excluding steroid dienone is 2. The SMILES string of the molecule is C/C1=C\CC(C)(C)C(=O)[C@H]2C[C@@]2(C)C(=O)CC1. The standard InChI is InChI=1S/C15H22O2/c1-10-5-6-12(16)15(4)9-11(15)13(17)14(2,3)8-7-10/h7,11H,5-6,8-9H2,1-4H3/b10-7+/t11-,15-/m1/s1. The van der Waals surface area contributed by atoms with E-state index in [-0.39, 0.29) is 28.3 Å². The van der Waals surface area contributed by atoms with Gasteiger partial charge < -0.3 is 0 Å². The fourth-order valence-electron chi connectivity index (χ4n) is 2.76. The molecule has 0 aromatic rings. The van der Waals surface area contributed by atoms with Crippen molar-refractivity contribution in [2.45, 2.75) is 53.4 Å². The highest BCUT2D eigenvalue weighted by Crippen LogP contribution is 2.57. The second kappa shape index (κ2) is 3.79. The summed E-state index contributed by atoms with van der Waals surface area (Å²) >= 11 is 0. The van der Waals surface area contributed by atoms with Crippen LogP contribution in [0.5, 0.6) is 0 Å². The Kier molecular flexibility index (Phi) is 2.80. The Bertz CT molecular complexity index is 403. The summed E-state index contributed by atoms with van der Waals surface area (Å²) in [4.78, 5) is 24.5. The van der Waals surface area contributed by atoms with Crippen molar-refractivity contribution in [2.75, 3.05) is 0 Å². The van der Waals surface area contributed by atoms with Crippen molar-refractivity contribution in [1.82, 2.24) is 0 Å². The van der Waals surface area contributed by atoms with Crippen molar-refractivity contribution < 1.29 is 9.59 Å². The molecule has 0 radical (unpaired) electrons. The van der Waals surface area contributed by atoms with E-state index in [0.717, 1.165) is 19.3 Å². The van der Waals surface area contributed by atoms with Crippen LogP contribution in [0.3, 0.4) is 0 Å². The van der Waals surface area contributed by atoms with E-state index in [1.54, 1.807) is 0 Å². The second-order valence-electron chi connectivity index (χ2n) is 6.60. The Morgan fingerprint density at radius 1 is 1.18 bits per heavy atom. The molecule has 0 bridgehead atoms. The summed E-state index contributed by atoms with van der Waals surface area (Å²) in [5, 5.41) is 0. The van der Waals surface area contributed by atoms with Gasteiger partial charge in [0.25, 0.3) is 0 Å². The second-order valence-corrected chi connectivity index (χ2v) is 6.60. The summed E-state index contributed by atoms with van der Waals surface area (Å²) in [6, 6.07) is 0. The highest BCUT2D eigenvalue weighted by Gasteiger charge is 2.60. The zero-order valence-electron chi connectivity index (χ0n) is 11.3. The van der Waals surface area contributed by atoms with Crippen LogP contribution in [0.25, 0.3) is 0 Å². The number of carbonyl (C=O) groups excluding carboxylic acids is 2. The molecule has 2 heteroatoms. The predicted octanol–water partition coefficient (Wildman–Crippen LogP) is 3.31. The van der Waals surface area contributed by atoms with E-state index >= 15 is 0 Å². The van der Waals surface area contributed by atoms with Gasteiger partial charge in [-0.2, -0.15) is 0 Å². The Balaban J connectivity index is 2.30. The number of Topliss-reactive ketones (excluding diaryl/α,β-unsaturated/α-hetero) is 2. The lowest BCUT2D eigenvalue weighted by molar-refractivity contribution is -0.132. The molecule has 2 nitrogen and oxygen atoms in total. The van der Waals surface area contributed by atoms with Gasteiger partial charge in [0.15, 0.2) is 0 Å². The quantitative estimate of drug-likeness (QED) is 0.603. The van der Waals surface area contributed by atoms with Gasteiger partial charge in [-0.25, -0.2) is 0 Å². The molecular formula is C15H22O2. The molecule has 1 fully saturated rings. The number of rotatable bonds is 0. The molecule has 0 N–H and O–H groups in total. The Morgan fingerprint density at radius 2 is 1.82 bits per heavy atom. The summed E-state index contributed by atoms with van der Waals surface area (Å²) in [5.41, 5.74) is 0.578. The summed E-state index contributed by atoms with van der Waals surface area (Å²) < 4.78 is 0. The lowest BCUT2D eigenvalue weighted by Gasteiger charge is -2.24. The van der Waals surface area contributed by atoms with Crippen LogP contribution in [0.15, 0.2) is 11.6 Å². The normalized spacial score (nSPS) is 40.2. The third-order valence-corrected chi connectivity index (χ3v) is 4.56. The van der Waals surface area contributed by atoms with Crippen LogP contribution in [0.4, 0.5) is 0 Å². The lowest BCUT2D eigenvalue weighted by Crippen LogP contribution is -2.29.